The molecule has 0 saturated heterocycles. The summed E-state index contributed by atoms with van der Waals surface area (Å²) in [6.07, 6.45) is 11.1. The van der Waals surface area contributed by atoms with E-state index in [0.29, 0.717) is 5.95 Å². The lowest BCUT2D eigenvalue weighted by atomic mass is 9.83. The second kappa shape index (κ2) is 4.69. The fourth-order valence-corrected chi connectivity index (χ4v) is 3.75. The van der Waals surface area contributed by atoms with Crippen molar-refractivity contribution in [1.82, 2.24) is 9.97 Å². The average Bonchev–Trinajstić information content (AvgIpc) is 3.29. The second-order valence-corrected chi connectivity index (χ2v) is 5.96. The van der Waals surface area contributed by atoms with Gasteiger partial charge >= 0.3 is 0 Å². The Hall–Kier alpha value is -0.830. The van der Waals surface area contributed by atoms with E-state index in [2.05, 4.69) is 16.9 Å². The van der Waals surface area contributed by atoms with Crippen LogP contribution in [0.2, 0.25) is 0 Å². The molecular weight excluding hydrogens is 246 g/mol. The van der Waals surface area contributed by atoms with Crippen LogP contribution in [0.3, 0.4) is 0 Å². The largest absolute Gasteiger partial charge is 0.246 e. The molecule has 0 aliphatic heterocycles. The topological polar surface area (TPSA) is 29.0 Å². The molecular formula is C14H20ClN3. The van der Waals surface area contributed by atoms with Crippen molar-refractivity contribution in [3.63, 3.8) is 0 Å². The van der Waals surface area contributed by atoms with E-state index in [1.807, 2.05) is 10.5 Å². The third kappa shape index (κ3) is 1.99. The number of rotatable bonds is 6. The summed E-state index contributed by atoms with van der Waals surface area (Å²) in [5.74, 6) is 2.16. The van der Waals surface area contributed by atoms with Crippen LogP contribution in [0.1, 0.15) is 45.4 Å². The van der Waals surface area contributed by atoms with Gasteiger partial charge in [0.2, 0.25) is 5.95 Å². The molecule has 2 fully saturated rings. The third-order valence-electron chi connectivity index (χ3n) is 4.31. The standard InChI is InChI=1S/C14H20ClN3/c1-2-8-14(11-4-5-11,12-6-7-12)18(15)13-16-9-3-10-17-13/h3,9-12H,2,4-8H2,1H3. The van der Waals surface area contributed by atoms with Gasteiger partial charge in [-0.1, -0.05) is 13.3 Å². The lowest BCUT2D eigenvalue weighted by Gasteiger charge is -2.40. The van der Waals surface area contributed by atoms with E-state index in [4.69, 9.17) is 11.8 Å². The SMILES string of the molecule is CCCC(C1CC1)(C1CC1)N(Cl)c1ncccn1. The van der Waals surface area contributed by atoms with Crippen molar-refractivity contribution in [2.24, 2.45) is 11.8 Å². The van der Waals surface area contributed by atoms with Crippen LogP contribution < -0.4 is 4.42 Å². The highest BCUT2D eigenvalue weighted by atomic mass is 35.5. The number of hydrogen-bond acceptors (Lipinski definition) is 3. The quantitative estimate of drug-likeness (QED) is 0.733. The van der Waals surface area contributed by atoms with Gasteiger partial charge in [-0.25, -0.2) is 14.4 Å². The monoisotopic (exact) mass is 265 g/mol. The molecule has 4 heteroatoms. The van der Waals surface area contributed by atoms with E-state index in [1.165, 1.54) is 32.1 Å². The normalized spacial score (nSPS) is 19.9. The van der Waals surface area contributed by atoms with Gasteiger partial charge in [-0.15, -0.1) is 0 Å². The average molecular weight is 266 g/mol. The van der Waals surface area contributed by atoms with Crippen LogP contribution in [0.5, 0.6) is 0 Å². The molecule has 0 aromatic carbocycles. The third-order valence-corrected chi connectivity index (χ3v) is 4.78. The molecule has 0 N–H and O–H groups in total. The molecule has 0 radical (unpaired) electrons. The van der Waals surface area contributed by atoms with Crippen molar-refractivity contribution in [3.8, 4) is 0 Å². The Bertz CT molecular complexity index is 389. The zero-order valence-electron chi connectivity index (χ0n) is 10.8. The molecule has 18 heavy (non-hydrogen) atoms. The molecule has 0 unspecified atom stereocenters. The van der Waals surface area contributed by atoms with Gasteiger partial charge in [0.15, 0.2) is 0 Å². The zero-order valence-corrected chi connectivity index (χ0v) is 11.6. The summed E-state index contributed by atoms with van der Waals surface area (Å²) < 4.78 is 1.88. The highest BCUT2D eigenvalue weighted by molar-refractivity contribution is 6.25. The van der Waals surface area contributed by atoms with Crippen LogP contribution in [0.25, 0.3) is 0 Å². The second-order valence-electron chi connectivity index (χ2n) is 5.62. The molecule has 2 aliphatic rings. The lowest BCUT2D eigenvalue weighted by Crippen LogP contribution is -2.48. The molecule has 0 atom stereocenters. The molecule has 98 valence electrons. The van der Waals surface area contributed by atoms with E-state index in [0.717, 1.165) is 18.3 Å². The van der Waals surface area contributed by atoms with Gasteiger partial charge in [-0.3, -0.25) is 0 Å². The van der Waals surface area contributed by atoms with Gasteiger partial charge in [-0.2, -0.15) is 0 Å². The van der Waals surface area contributed by atoms with Crippen molar-refractivity contribution >= 4 is 17.7 Å². The van der Waals surface area contributed by atoms with Gasteiger partial charge in [0, 0.05) is 24.2 Å². The van der Waals surface area contributed by atoms with Gasteiger partial charge in [0.1, 0.15) is 0 Å². The Morgan fingerprint density at radius 3 is 2.22 bits per heavy atom. The Labute approximate surface area is 114 Å². The van der Waals surface area contributed by atoms with Crippen LogP contribution in [0, 0.1) is 11.8 Å². The van der Waals surface area contributed by atoms with Crippen LogP contribution >= 0.6 is 11.8 Å². The minimum atomic E-state index is 0.109. The summed E-state index contributed by atoms with van der Waals surface area (Å²) >= 11 is 6.69. The summed E-state index contributed by atoms with van der Waals surface area (Å²) in [7, 11) is 0. The van der Waals surface area contributed by atoms with Gasteiger partial charge < -0.3 is 0 Å². The van der Waals surface area contributed by atoms with Crippen LogP contribution in [0.15, 0.2) is 18.5 Å². The Morgan fingerprint density at radius 2 is 1.78 bits per heavy atom. The molecule has 2 aliphatic carbocycles. The van der Waals surface area contributed by atoms with E-state index in [-0.39, 0.29) is 5.54 Å². The van der Waals surface area contributed by atoms with Crippen molar-refractivity contribution < 1.29 is 0 Å². The summed E-state index contributed by atoms with van der Waals surface area (Å²) in [6, 6.07) is 1.84. The Kier molecular flexibility index (Phi) is 3.18. The molecule has 3 rings (SSSR count). The first-order valence-electron chi connectivity index (χ1n) is 7.02. The van der Waals surface area contributed by atoms with Crippen molar-refractivity contribution in [2.75, 3.05) is 4.42 Å². The minimum Gasteiger partial charge on any atom is -0.246 e. The first kappa shape index (κ1) is 12.2. The summed E-state index contributed by atoms with van der Waals surface area (Å²) in [5, 5.41) is 0. The van der Waals surface area contributed by atoms with Crippen molar-refractivity contribution in [3.05, 3.63) is 18.5 Å². The molecule has 1 heterocycles. The molecule has 0 bridgehead atoms. The first-order chi connectivity index (χ1) is 8.79. The number of nitrogens with zero attached hydrogens (tertiary/aromatic N) is 3. The van der Waals surface area contributed by atoms with Gasteiger partial charge in [-0.05, 0) is 50.0 Å². The molecule has 1 aromatic rings. The molecule has 2 saturated carbocycles. The highest BCUT2D eigenvalue weighted by Gasteiger charge is 2.57. The summed E-state index contributed by atoms with van der Waals surface area (Å²) in [6.45, 7) is 2.25. The zero-order chi connectivity index (χ0) is 12.6. The smallest absolute Gasteiger partial charge is 0.240 e. The lowest BCUT2D eigenvalue weighted by molar-refractivity contribution is 0.299. The minimum absolute atomic E-state index is 0.109. The van der Waals surface area contributed by atoms with E-state index < -0.39 is 0 Å². The van der Waals surface area contributed by atoms with Crippen LogP contribution in [-0.2, 0) is 0 Å². The van der Waals surface area contributed by atoms with Crippen molar-refractivity contribution in [1.29, 1.82) is 0 Å². The van der Waals surface area contributed by atoms with E-state index in [9.17, 15) is 0 Å². The first-order valence-corrected chi connectivity index (χ1v) is 7.36. The van der Waals surface area contributed by atoms with E-state index in [1.54, 1.807) is 12.4 Å². The van der Waals surface area contributed by atoms with E-state index >= 15 is 0 Å². The van der Waals surface area contributed by atoms with Crippen molar-refractivity contribution in [2.45, 2.75) is 51.0 Å². The van der Waals surface area contributed by atoms with Gasteiger partial charge in [0.25, 0.3) is 0 Å². The number of anilines is 1. The maximum atomic E-state index is 6.69. The fraction of sp³-hybridized carbons (Fsp3) is 0.714. The highest BCUT2D eigenvalue weighted by Crippen LogP contribution is 2.58. The van der Waals surface area contributed by atoms with Gasteiger partial charge in [0.05, 0.1) is 5.54 Å². The van der Waals surface area contributed by atoms with Crippen LogP contribution in [-0.4, -0.2) is 15.5 Å². The van der Waals surface area contributed by atoms with Crippen LogP contribution in [0.4, 0.5) is 5.95 Å². The Balaban J connectivity index is 1.92. The molecule has 1 aromatic heterocycles. The fourth-order valence-electron chi connectivity index (χ4n) is 3.31. The summed E-state index contributed by atoms with van der Waals surface area (Å²) in [5.41, 5.74) is 0.109. The predicted molar refractivity (Wildman–Crippen MR) is 73.5 cm³/mol. The maximum absolute atomic E-state index is 6.69. The molecule has 0 amide bonds. The predicted octanol–water partition coefficient (Wildman–Crippen LogP) is 3.80. The number of aromatic nitrogens is 2. The number of halogens is 1. The molecule has 0 spiro atoms. The summed E-state index contributed by atoms with van der Waals surface area (Å²) in [4.78, 5) is 8.66. The number of hydrogen-bond donors (Lipinski definition) is 0. The Morgan fingerprint density at radius 1 is 1.22 bits per heavy atom. The molecule has 3 nitrogen and oxygen atoms in total. The maximum Gasteiger partial charge on any atom is 0.240 e.